The lowest BCUT2D eigenvalue weighted by Gasteiger charge is -2.20. The average molecular weight is 268 g/mol. The van der Waals surface area contributed by atoms with Gasteiger partial charge >= 0.3 is 18.4 Å². The largest absolute Gasteiger partial charge is 0.490 e. The maximum Gasteiger partial charge on any atom is 0.490 e. The highest BCUT2D eigenvalue weighted by Crippen LogP contribution is 2.40. The van der Waals surface area contributed by atoms with Crippen molar-refractivity contribution in [1.29, 1.82) is 0 Å². The summed E-state index contributed by atoms with van der Waals surface area (Å²) in [4.78, 5) is 10.2. The van der Waals surface area contributed by atoms with Crippen LogP contribution in [-0.2, 0) is 19.0 Å². The quantitative estimate of drug-likeness (QED) is 0.565. The molecule has 10 heteroatoms. The lowest BCUT2D eigenvalue weighted by atomic mass is 10.2. The zero-order valence-corrected chi connectivity index (χ0v) is 8.19. The number of hydrogen-bond acceptors (Lipinski definition) is 4. The first-order valence-electron chi connectivity index (χ1n) is 4.15. The second kappa shape index (κ2) is 4.02. The van der Waals surface area contributed by atoms with Gasteiger partial charge in [-0.3, -0.25) is 9.47 Å². The van der Waals surface area contributed by atoms with Gasteiger partial charge in [-0.25, -0.2) is 9.18 Å². The number of esters is 1. The van der Waals surface area contributed by atoms with Crippen molar-refractivity contribution in [3.63, 3.8) is 0 Å². The Morgan fingerprint density at radius 1 is 1.35 bits per heavy atom. The number of ether oxygens (including phenoxy) is 3. The molecule has 4 nitrogen and oxygen atoms in total. The average Bonchev–Trinajstić information content (AvgIpc) is 2.30. The van der Waals surface area contributed by atoms with E-state index in [9.17, 15) is 31.1 Å². The second-order valence-corrected chi connectivity index (χ2v) is 3.19. The highest BCUT2D eigenvalue weighted by molar-refractivity contribution is 5.75. The Kier molecular flexibility index (Phi) is 3.32. The van der Waals surface area contributed by atoms with E-state index in [1.54, 1.807) is 0 Å². The first-order valence-corrected chi connectivity index (χ1v) is 4.15. The van der Waals surface area contributed by atoms with E-state index in [1.807, 2.05) is 0 Å². The zero-order valence-electron chi connectivity index (χ0n) is 8.19. The summed E-state index contributed by atoms with van der Waals surface area (Å²) in [6.07, 6.45) is -11.5. The summed E-state index contributed by atoms with van der Waals surface area (Å²) >= 11 is 0. The maximum absolute atomic E-state index is 13.5. The van der Waals surface area contributed by atoms with Crippen LogP contribution in [-0.4, -0.2) is 37.0 Å². The molecule has 0 aromatic carbocycles. The fourth-order valence-corrected chi connectivity index (χ4v) is 0.991. The van der Waals surface area contributed by atoms with Crippen LogP contribution in [0.25, 0.3) is 0 Å². The van der Waals surface area contributed by atoms with Crippen molar-refractivity contribution < 1.29 is 45.3 Å². The zero-order chi connectivity index (χ0) is 13.5. The van der Waals surface area contributed by atoms with E-state index < -0.39 is 37.0 Å². The lowest BCUT2D eigenvalue weighted by Crippen LogP contribution is -2.41. The van der Waals surface area contributed by atoms with Crippen molar-refractivity contribution >= 4 is 5.97 Å². The molecule has 17 heavy (non-hydrogen) atoms. The minimum Gasteiger partial charge on any atom is -0.453 e. The Bertz CT molecular complexity index is 316. The van der Waals surface area contributed by atoms with E-state index in [1.165, 1.54) is 0 Å². The van der Waals surface area contributed by atoms with Crippen molar-refractivity contribution in [3.8, 4) is 0 Å². The third-order valence-corrected chi connectivity index (χ3v) is 1.84. The normalized spacial score (nSPS) is 32.5. The molecule has 0 aromatic rings. The van der Waals surface area contributed by atoms with Crippen LogP contribution in [0.4, 0.5) is 26.3 Å². The van der Waals surface area contributed by atoms with Crippen molar-refractivity contribution in [2.75, 3.05) is 6.61 Å². The fourth-order valence-electron chi connectivity index (χ4n) is 0.991. The van der Waals surface area contributed by atoms with E-state index in [0.717, 1.165) is 6.92 Å². The molecule has 1 aliphatic rings. The molecule has 1 aliphatic heterocycles. The molecule has 2 unspecified atom stereocenters. The van der Waals surface area contributed by atoms with Crippen LogP contribution in [0.5, 0.6) is 0 Å². The first-order chi connectivity index (χ1) is 7.46. The van der Waals surface area contributed by atoms with Gasteiger partial charge in [0.15, 0.2) is 6.61 Å². The van der Waals surface area contributed by atoms with Crippen LogP contribution >= 0.6 is 0 Å². The topological polar surface area (TPSA) is 44.8 Å². The molecule has 1 saturated heterocycles. The number of rotatable bonds is 2. The van der Waals surface area contributed by atoms with Gasteiger partial charge in [-0.2, -0.15) is 13.2 Å². The molecule has 0 aliphatic carbocycles. The molecule has 0 aromatic heterocycles. The molecule has 1 heterocycles. The van der Waals surface area contributed by atoms with E-state index >= 15 is 0 Å². The van der Waals surface area contributed by atoms with Crippen LogP contribution in [0.1, 0.15) is 6.92 Å². The van der Waals surface area contributed by atoms with E-state index in [4.69, 9.17) is 0 Å². The van der Waals surface area contributed by atoms with E-state index in [0.29, 0.717) is 0 Å². The van der Waals surface area contributed by atoms with Crippen molar-refractivity contribution in [2.45, 2.75) is 31.4 Å². The molecule has 0 amide bonds. The van der Waals surface area contributed by atoms with Crippen LogP contribution in [0, 0.1) is 0 Å². The van der Waals surface area contributed by atoms with Crippen molar-refractivity contribution in [3.05, 3.63) is 0 Å². The van der Waals surface area contributed by atoms with Crippen LogP contribution in [0.3, 0.4) is 0 Å². The smallest absolute Gasteiger partial charge is 0.453 e. The number of carbonyl (C=O) groups is 1. The Morgan fingerprint density at radius 3 is 2.24 bits per heavy atom. The monoisotopic (exact) mass is 268 g/mol. The molecule has 1 rings (SSSR count). The highest BCUT2D eigenvalue weighted by atomic mass is 19.4. The Hall–Kier alpha value is -1.03. The Morgan fingerprint density at radius 2 is 1.88 bits per heavy atom. The first kappa shape index (κ1) is 14.0. The minimum atomic E-state index is -5.35. The summed E-state index contributed by atoms with van der Waals surface area (Å²) in [5, 5.41) is 0. The molecule has 0 saturated carbocycles. The Labute approximate surface area is 90.4 Å². The second-order valence-electron chi connectivity index (χ2n) is 3.19. The van der Waals surface area contributed by atoms with Gasteiger partial charge in [0.1, 0.15) is 6.10 Å². The molecule has 2 atom stereocenters. The van der Waals surface area contributed by atoms with Crippen LogP contribution < -0.4 is 0 Å². The maximum atomic E-state index is 13.5. The molecule has 0 spiro atoms. The number of carbonyl (C=O) groups excluding carboxylic acids is 1. The van der Waals surface area contributed by atoms with E-state index in [-0.39, 0.29) is 0 Å². The minimum absolute atomic E-state index is 0.794. The van der Waals surface area contributed by atoms with E-state index in [2.05, 4.69) is 14.2 Å². The van der Waals surface area contributed by atoms with Gasteiger partial charge in [-0.05, 0) is 6.92 Å². The number of hydrogen-bond donors (Lipinski definition) is 0. The summed E-state index contributed by atoms with van der Waals surface area (Å²) in [5.74, 6) is -6.04. The Balaban J connectivity index is 2.61. The summed E-state index contributed by atoms with van der Waals surface area (Å²) in [5.41, 5.74) is 0. The number of alkyl halides is 6. The van der Waals surface area contributed by atoms with Gasteiger partial charge in [0.25, 0.3) is 5.85 Å². The highest BCUT2D eigenvalue weighted by Gasteiger charge is 2.60. The SMILES string of the molecule is CC1OC(F)(F)OC1(F)COC(=O)C(F)(F)F. The van der Waals surface area contributed by atoms with Gasteiger partial charge in [-0.15, -0.1) is 8.78 Å². The predicted octanol–water partition coefficient (Wildman–Crippen LogP) is 1.74. The van der Waals surface area contributed by atoms with Gasteiger partial charge in [0.2, 0.25) is 0 Å². The molecular formula is C7H6F6O4. The lowest BCUT2D eigenvalue weighted by molar-refractivity contribution is -0.371. The summed E-state index contributed by atoms with van der Waals surface area (Å²) in [6, 6.07) is 0. The molecule has 0 bridgehead atoms. The van der Waals surface area contributed by atoms with Crippen LogP contribution in [0.2, 0.25) is 0 Å². The fraction of sp³-hybridized carbons (Fsp3) is 0.857. The van der Waals surface area contributed by atoms with Crippen molar-refractivity contribution in [1.82, 2.24) is 0 Å². The third kappa shape index (κ3) is 3.22. The van der Waals surface area contributed by atoms with Gasteiger partial charge in [-0.1, -0.05) is 0 Å². The molecule has 0 radical (unpaired) electrons. The summed E-state index contributed by atoms with van der Waals surface area (Å²) in [7, 11) is 0. The summed E-state index contributed by atoms with van der Waals surface area (Å²) in [6.45, 7) is -0.857. The van der Waals surface area contributed by atoms with Crippen LogP contribution in [0.15, 0.2) is 0 Å². The van der Waals surface area contributed by atoms with Gasteiger partial charge < -0.3 is 4.74 Å². The number of halogens is 6. The molecule has 1 fully saturated rings. The predicted molar refractivity (Wildman–Crippen MR) is 37.4 cm³/mol. The summed E-state index contributed by atoms with van der Waals surface area (Å²) < 4.78 is 83.9. The van der Waals surface area contributed by atoms with Gasteiger partial charge in [0.05, 0.1) is 0 Å². The third-order valence-electron chi connectivity index (χ3n) is 1.84. The standard InChI is InChI=1S/C7H6F6O4/c1-3-5(8,17-7(12,13)16-3)2-15-4(14)6(9,10)11/h3H,2H2,1H3. The molecule has 100 valence electrons. The van der Waals surface area contributed by atoms with Crippen molar-refractivity contribution in [2.24, 2.45) is 0 Å². The van der Waals surface area contributed by atoms with Gasteiger partial charge in [0, 0.05) is 0 Å². The molecular weight excluding hydrogens is 262 g/mol. The molecule has 0 N–H and O–H groups in total.